The lowest BCUT2D eigenvalue weighted by Gasteiger charge is -2.17. The van der Waals surface area contributed by atoms with Gasteiger partial charge in [0.15, 0.2) is 0 Å². The number of halogens is 3. The lowest BCUT2D eigenvalue weighted by atomic mass is 10.1. The number of hydrogen-bond acceptors (Lipinski definition) is 4. The molecular formula is C8H17F3N2O2S. The maximum atomic E-state index is 12.0. The molecule has 0 aromatic rings. The van der Waals surface area contributed by atoms with E-state index in [1.807, 2.05) is 5.43 Å². The molecule has 0 amide bonds. The van der Waals surface area contributed by atoms with Crippen molar-refractivity contribution in [1.82, 2.24) is 5.43 Å². The average Bonchev–Trinajstić information content (AvgIpc) is 2.14. The van der Waals surface area contributed by atoms with Crippen LogP contribution in [0.5, 0.6) is 0 Å². The fourth-order valence-corrected chi connectivity index (χ4v) is 2.11. The van der Waals surface area contributed by atoms with Crippen molar-refractivity contribution in [3.8, 4) is 0 Å². The number of alkyl halides is 3. The van der Waals surface area contributed by atoms with Crippen molar-refractivity contribution in [2.75, 3.05) is 11.5 Å². The minimum atomic E-state index is -4.29. The van der Waals surface area contributed by atoms with Gasteiger partial charge in [0.1, 0.15) is 9.84 Å². The fraction of sp³-hybridized carbons (Fsp3) is 1.00. The van der Waals surface area contributed by atoms with Crippen molar-refractivity contribution >= 4 is 9.84 Å². The molecule has 0 heterocycles. The summed E-state index contributed by atoms with van der Waals surface area (Å²) in [6.45, 7) is 1.50. The summed E-state index contributed by atoms with van der Waals surface area (Å²) in [5.74, 6) is 4.87. The molecule has 0 aliphatic heterocycles. The Morgan fingerprint density at radius 1 is 1.38 bits per heavy atom. The second-order valence-corrected chi connectivity index (χ2v) is 6.03. The zero-order chi connectivity index (χ0) is 12.8. The molecule has 8 heteroatoms. The van der Waals surface area contributed by atoms with Crippen molar-refractivity contribution in [3.05, 3.63) is 0 Å². The van der Waals surface area contributed by atoms with E-state index in [0.717, 1.165) is 0 Å². The SMILES string of the molecule is CCS(=O)(=O)CCCC(CC(F)(F)F)NN. The quantitative estimate of drug-likeness (QED) is 0.530. The molecule has 98 valence electrons. The van der Waals surface area contributed by atoms with Crippen LogP contribution in [0.25, 0.3) is 0 Å². The van der Waals surface area contributed by atoms with E-state index in [2.05, 4.69) is 0 Å². The predicted molar refractivity (Wildman–Crippen MR) is 55.3 cm³/mol. The van der Waals surface area contributed by atoms with Crippen LogP contribution >= 0.6 is 0 Å². The maximum Gasteiger partial charge on any atom is 0.390 e. The Balaban J connectivity index is 3.98. The van der Waals surface area contributed by atoms with E-state index in [4.69, 9.17) is 5.84 Å². The molecule has 1 unspecified atom stereocenters. The van der Waals surface area contributed by atoms with E-state index in [1.54, 1.807) is 0 Å². The van der Waals surface area contributed by atoms with Gasteiger partial charge in [-0.05, 0) is 12.8 Å². The number of sulfone groups is 1. The summed E-state index contributed by atoms with van der Waals surface area (Å²) in [7, 11) is -3.12. The van der Waals surface area contributed by atoms with Gasteiger partial charge in [-0.15, -0.1) is 0 Å². The molecule has 0 aliphatic rings. The summed E-state index contributed by atoms with van der Waals surface area (Å²) < 4.78 is 58.2. The highest BCUT2D eigenvalue weighted by Gasteiger charge is 2.31. The zero-order valence-corrected chi connectivity index (χ0v) is 9.87. The van der Waals surface area contributed by atoms with Gasteiger partial charge in [0, 0.05) is 11.8 Å². The summed E-state index contributed by atoms with van der Waals surface area (Å²) >= 11 is 0. The molecule has 0 saturated carbocycles. The van der Waals surface area contributed by atoms with Crippen LogP contribution in [0.2, 0.25) is 0 Å². The summed E-state index contributed by atoms with van der Waals surface area (Å²) in [4.78, 5) is 0. The molecule has 0 radical (unpaired) electrons. The molecule has 0 bridgehead atoms. The molecule has 0 spiro atoms. The molecule has 16 heavy (non-hydrogen) atoms. The Morgan fingerprint density at radius 2 is 1.94 bits per heavy atom. The molecule has 3 N–H and O–H groups in total. The second-order valence-electron chi connectivity index (χ2n) is 3.56. The molecule has 0 rings (SSSR count). The molecule has 0 fully saturated rings. The molecule has 4 nitrogen and oxygen atoms in total. The number of hydrazine groups is 1. The van der Waals surface area contributed by atoms with Gasteiger partial charge in [-0.3, -0.25) is 11.3 Å². The van der Waals surface area contributed by atoms with Gasteiger partial charge in [0.2, 0.25) is 0 Å². The van der Waals surface area contributed by atoms with Crippen LogP contribution in [-0.2, 0) is 9.84 Å². The number of rotatable bonds is 7. The normalized spacial score (nSPS) is 15.1. The first-order valence-corrected chi connectivity index (χ1v) is 6.75. The third-order valence-electron chi connectivity index (χ3n) is 2.16. The van der Waals surface area contributed by atoms with E-state index in [0.29, 0.717) is 0 Å². The summed E-state index contributed by atoms with van der Waals surface area (Å²) in [5, 5.41) is 0. The number of nitrogens with one attached hydrogen (secondary N) is 1. The van der Waals surface area contributed by atoms with Gasteiger partial charge in [-0.2, -0.15) is 13.2 Å². The molecule has 1 atom stereocenters. The van der Waals surface area contributed by atoms with Crippen molar-refractivity contribution in [3.63, 3.8) is 0 Å². The van der Waals surface area contributed by atoms with Gasteiger partial charge >= 0.3 is 6.18 Å². The average molecular weight is 262 g/mol. The Bertz CT molecular complexity index is 290. The smallest absolute Gasteiger partial charge is 0.271 e. The second kappa shape index (κ2) is 6.41. The van der Waals surface area contributed by atoms with E-state index >= 15 is 0 Å². The highest BCUT2D eigenvalue weighted by atomic mass is 32.2. The van der Waals surface area contributed by atoms with E-state index in [9.17, 15) is 21.6 Å². The number of hydrogen-bond donors (Lipinski definition) is 2. The lowest BCUT2D eigenvalue weighted by Crippen LogP contribution is -2.38. The zero-order valence-electron chi connectivity index (χ0n) is 9.05. The van der Waals surface area contributed by atoms with Crippen LogP contribution in [0.4, 0.5) is 13.2 Å². The van der Waals surface area contributed by atoms with Crippen LogP contribution < -0.4 is 11.3 Å². The molecule has 0 aromatic carbocycles. The van der Waals surface area contributed by atoms with Crippen LogP contribution in [-0.4, -0.2) is 32.1 Å². The molecule has 0 aromatic heterocycles. The Kier molecular flexibility index (Phi) is 6.27. The van der Waals surface area contributed by atoms with Gasteiger partial charge in [0.05, 0.1) is 12.2 Å². The standard InChI is InChI=1S/C8H17F3N2O2S/c1-2-16(14,15)5-3-4-7(13-12)6-8(9,10)11/h7,13H,2-6,12H2,1H3. The van der Waals surface area contributed by atoms with Gasteiger partial charge < -0.3 is 0 Å². The van der Waals surface area contributed by atoms with Crippen LogP contribution in [0.3, 0.4) is 0 Å². The van der Waals surface area contributed by atoms with Gasteiger partial charge in [-0.25, -0.2) is 8.42 Å². The first-order valence-electron chi connectivity index (χ1n) is 4.93. The number of nitrogens with two attached hydrogens (primary N) is 1. The highest BCUT2D eigenvalue weighted by molar-refractivity contribution is 7.91. The lowest BCUT2D eigenvalue weighted by molar-refractivity contribution is -0.140. The minimum absolute atomic E-state index is 0.00694. The van der Waals surface area contributed by atoms with E-state index < -0.39 is 28.5 Å². The first kappa shape index (κ1) is 15.7. The Morgan fingerprint density at radius 3 is 2.31 bits per heavy atom. The maximum absolute atomic E-state index is 12.0. The summed E-state index contributed by atoms with van der Waals surface area (Å²) in [6.07, 6.45) is -5.06. The van der Waals surface area contributed by atoms with E-state index in [1.165, 1.54) is 6.92 Å². The highest BCUT2D eigenvalue weighted by Crippen LogP contribution is 2.23. The van der Waals surface area contributed by atoms with Crippen molar-refractivity contribution < 1.29 is 21.6 Å². The van der Waals surface area contributed by atoms with Crippen LogP contribution in [0.15, 0.2) is 0 Å². The largest absolute Gasteiger partial charge is 0.390 e. The summed E-state index contributed by atoms with van der Waals surface area (Å²) in [5.41, 5.74) is 2.05. The van der Waals surface area contributed by atoms with Crippen molar-refractivity contribution in [2.24, 2.45) is 5.84 Å². The monoisotopic (exact) mass is 262 g/mol. The Hall–Kier alpha value is -0.340. The molecule has 0 saturated heterocycles. The van der Waals surface area contributed by atoms with Gasteiger partial charge in [0.25, 0.3) is 0 Å². The minimum Gasteiger partial charge on any atom is -0.271 e. The fourth-order valence-electron chi connectivity index (χ4n) is 1.22. The topological polar surface area (TPSA) is 72.2 Å². The summed E-state index contributed by atoms with van der Waals surface area (Å²) in [6, 6.07) is -0.924. The first-order chi connectivity index (χ1) is 7.20. The third-order valence-corrected chi connectivity index (χ3v) is 3.95. The van der Waals surface area contributed by atoms with Crippen molar-refractivity contribution in [2.45, 2.75) is 38.4 Å². The van der Waals surface area contributed by atoms with Crippen LogP contribution in [0, 0.1) is 0 Å². The van der Waals surface area contributed by atoms with E-state index in [-0.39, 0.29) is 24.3 Å². The predicted octanol–water partition coefficient (Wildman–Crippen LogP) is 0.986. The molecule has 0 aliphatic carbocycles. The third kappa shape index (κ3) is 7.89. The Labute approximate surface area is 93.3 Å². The molecular weight excluding hydrogens is 245 g/mol. The van der Waals surface area contributed by atoms with Gasteiger partial charge in [-0.1, -0.05) is 6.92 Å². The van der Waals surface area contributed by atoms with Crippen LogP contribution in [0.1, 0.15) is 26.2 Å². The van der Waals surface area contributed by atoms with Crippen molar-refractivity contribution in [1.29, 1.82) is 0 Å².